The molecular weight excluding hydrogens is 344 g/mol. The fourth-order valence-electron chi connectivity index (χ4n) is 2.70. The number of rotatable bonds is 2. The summed E-state index contributed by atoms with van der Waals surface area (Å²) < 4.78 is 0.910. The molecule has 0 saturated carbocycles. The van der Waals surface area contributed by atoms with Gasteiger partial charge in [0.25, 0.3) is 5.91 Å². The molecule has 120 valence electrons. The number of halogens is 1. The summed E-state index contributed by atoms with van der Waals surface area (Å²) in [4.78, 5) is 28.6. The molecule has 0 aliphatic carbocycles. The van der Waals surface area contributed by atoms with Crippen LogP contribution in [0.5, 0.6) is 0 Å². The fourth-order valence-corrected chi connectivity index (χ4v) is 3.06. The number of hydrogen-bond acceptors (Lipinski definition) is 2. The summed E-state index contributed by atoms with van der Waals surface area (Å²) in [7, 11) is 0. The van der Waals surface area contributed by atoms with E-state index in [0.29, 0.717) is 19.6 Å². The number of nitrogens with zero attached hydrogens (tertiary/aromatic N) is 2. The number of carbonyl (C=O) groups is 2. The van der Waals surface area contributed by atoms with Gasteiger partial charge in [0.2, 0.25) is 5.91 Å². The molecule has 4 nitrogen and oxygen atoms in total. The van der Waals surface area contributed by atoms with Gasteiger partial charge in [0.1, 0.15) is 0 Å². The zero-order valence-corrected chi connectivity index (χ0v) is 15.0. The molecule has 0 atom stereocenters. The second kappa shape index (κ2) is 7.27. The number of carbonyl (C=O) groups excluding carboxylic acids is 2. The van der Waals surface area contributed by atoms with Gasteiger partial charge in [-0.15, -0.1) is 0 Å². The topological polar surface area (TPSA) is 40.6 Å². The Morgan fingerprint density at radius 1 is 1.09 bits per heavy atom. The molecule has 2 amide bonds. The van der Waals surface area contributed by atoms with Crippen LogP contribution in [0.2, 0.25) is 0 Å². The number of aryl methyl sites for hydroxylation is 1. The molecule has 2 rings (SSSR count). The number of benzene rings is 1. The van der Waals surface area contributed by atoms with Crippen molar-refractivity contribution in [3.8, 4) is 0 Å². The summed E-state index contributed by atoms with van der Waals surface area (Å²) in [5.74, 6) is 0.236. The Bertz CT molecular complexity index is 572. The Morgan fingerprint density at radius 3 is 2.41 bits per heavy atom. The van der Waals surface area contributed by atoms with Crippen molar-refractivity contribution in [2.75, 3.05) is 26.2 Å². The zero-order valence-electron chi connectivity index (χ0n) is 13.4. The molecule has 0 unspecified atom stereocenters. The van der Waals surface area contributed by atoms with Crippen LogP contribution in [0.3, 0.4) is 0 Å². The SMILES string of the molecule is Cc1ccc(Br)cc1C(=O)N1CCCN(C(=O)C(C)C)CC1. The highest BCUT2D eigenvalue weighted by molar-refractivity contribution is 9.10. The van der Waals surface area contributed by atoms with Gasteiger partial charge in [-0.3, -0.25) is 9.59 Å². The van der Waals surface area contributed by atoms with Crippen LogP contribution in [-0.2, 0) is 4.79 Å². The van der Waals surface area contributed by atoms with Crippen LogP contribution >= 0.6 is 15.9 Å². The summed E-state index contributed by atoms with van der Waals surface area (Å²) in [5.41, 5.74) is 1.71. The number of hydrogen-bond donors (Lipinski definition) is 0. The second-order valence-electron chi connectivity index (χ2n) is 6.08. The zero-order chi connectivity index (χ0) is 16.3. The normalized spacial score (nSPS) is 15.9. The van der Waals surface area contributed by atoms with E-state index < -0.39 is 0 Å². The highest BCUT2D eigenvalue weighted by atomic mass is 79.9. The second-order valence-corrected chi connectivity index (χ2v) is 7.00. The van der Waals surface area contributed by atoms with Crippen LogP contribution in [0.1, 0.15) is 36.2 Å². The van der Waals surface area contributed by atoms with Crippen molar-refractivity contribution in [2.24, 2.45) is 5.92 Å². The molecule has 22 heavy (non-hydrogen) atoms. The molecule has 0 bridgehead atoms. The lowest BCUT2D eigenvalue weighted by Crippen LogP contribution is -2.39. The Morgan fingerprint density at radius 2 is 1.73 bits per heavy atom. The van der Waals surface area contributed by atoms with E-state index in [9.17, 15) is 9.59 Å². The number of amides is 2. The molecule has 1 heterocycles. The summed E-state index contributed by atoms with van der Waals surface area (Å²) in [6.45, 7) is 8.44. The first-order valence-corrected chi connectivity index (χ1v) is 8.53. The first kappa shape index (κ1) is 17.0. The minimum atomic E-state index is 0.00887. The van der Waals surface area contributed by atoms with E-state index >= 15 is 0 Å². The van der Waals surface area contributed by atoms with E-state index in [4.69, 9.17) is 0 Å². The van der Waals surface area contributed by atoms with Crippen LogP contribution in [0, 0.1) is 12.8 Å². The molecule has 0 spiro atoms. The van der Waals surface area contributed by atoms with E-state index in [2.05, 4.69) is 15.9 Å². The van der Waals surface area contributed by atoms with Crippen LogP contribution in [-0.4, -0.2) is 47.8 Å². The van der Waals surface area contributed by atoms with E-state index in [1.807, 2.05) is 48.8 Å². The smallest absolute Gasteiger partial charge is 0.254 e. The van der Waals surface area contributed by atoms with Gasteiger partial charge in [0.05, 0.1) is 0 Å². The lowest BCUT2D eigenvalue weighted by molar-refractivity contribution is -0.134. The largest absolute Gasteiger partial charge is 0.341 e. The molecule has 0 radical (unpaired) electrons. The van der Waals surface area contributed by atoms with Gasteiger partial charge in [-0.25, -0.2) is 0 Å². The summed E-state index contributed by atoms with van der Waals surface area (Å²) in [5, 5.41) is 0. The maximum atomic E-state index is 12.7. The summed E-state index contributed by atoms with van der Waals surface area (Å²) in [6.07, 6.45) is 0.831. The Labute approximate surface area is 140 Å². The third-order valence-corrected chi connectivity index (χ3v) is 4.51. The highest BCUT2D eigenvalue weighted by Crippen LogP contribution is 2.19. The predicted molar refractivity (Wildman–Crippen MR) is 90.8 cm³/mol. The minimum Gasteiger partial charge on any atom is -0.341 e. The molecule has 1 aliphatic heterocycles. The van der Waals surface area contributed by atoms with Crippen LogP contribution in [0.15, 0.2) is 22.7 Å². The van der Waals surface area contributed by atoms with Crippen molar-refractivity contribution in [1.29, 1.82) is 0 Å². The first-order chi connectivity index (χ1) is 10.4. The lowest BCUT2D eigenvalue weighted by atomic mass is 10.1. The monoisotopic (exact) mass is 366 g/mol. The molecular formula is C17H23BrN2O2. The van der Waals surface area contributed by atoms with Crippen molar-refractivity contribution >= 4 is 27.7 Å². The molecule has 1 aromatic rings. The molecule has 1 fully saturated rings. The van der Waals surface area contributed by atoms with Gasteiger partial charge in [-0.2, -0.15) is 0 Å². The average Bonchev–Trinajstić information content (AvgIpc) is 2.74. The average molecular weight is 367 g/mol. The quantitative estimate of drug-likeness (QED) is 0.806. The Hall–Kier alpha value is -1.36. The van der Waals surface area contributed by atoms with Gasteiger partial charge in [-0.05, 0) is 31.0 Å². The fraction of sp³-hybridized carbons (Fsp3) is 0.529. The van der Waals surface area contributed by atoms with Crippen LogP contribution in [0.25, 0.3) is 0 Å². The minimum absolute atomic E-state index is 0.00887. The van der Waals surface area contributed by atoms with Crippen molar-refractivity contribution in [3.63, 3.8) is 0 Å². The van der Waals surface area contributed by atoms with Crippen molar-refractivity contribution in [1.82, 2.24) is 9.80 Å². The van der Waals surface area contributed by atoms with Gasteiger partial charge in [-0.1, -0.05) is 35.8 Å². The molecule has 1 aromatic carbocycles. The molecule has 5 heteroatoms. The lowest BCUT2D eigenvalue weighted by Gasteiger charge is -2.24. The summed E-state index contributed by atoms with van der Waals surface area (Å²) in [6, 6.07) is 5.76. The third kappa shape index (κ3) is 3.88. The molecule has 0 aromatic heterocycles. The van der Waals surface area contributed by atoms with Gasteiger partial charge < -0.3 is 9.80 Å². The van der Waals surface area contributed by atoms with E-state index in [1.165, 1.54) is 0 Å². The van der Waals surface area contributed by atoms with Crippen molar-refractivity contribution in [3.05, 3.63) is 33.8 Å². The Balaban J connectivity index is 2.09. The van der Waals surface area contributed by atoms with Gasteiger partial charge >= 0.3 is 0 Å². The Kier molecular flexibility index (Phi) is 5.62. The summed E-state index contributed by atoms with van der Waals surface area (Å²) >= 11 is 3.42. The maximum absolute atomic E-state index is 12.7. The van der Waals surface area contributed by atoms with E-state index in [1.54, 1.807) is 0 Å². The van der Waals surface area contributed by atoms with Crippen molar-refractivity contribution in [2.45, 2.75) is 27.2 Å². The third-order valence-electron chi connectivity index (χ3n) is 4.02. The van der Waals surface area contributed by atoms with Crippen LogP contribution in [0.4, 0.5) is 0 Å². The van der Waals surface area contributed by atoms with Crippen molar-refractivity contribution < 1.29 is 9.59 Å². The highest BCUT2D eigenvalue weighted by Gasteiger charge is 2.24. The van der Waals surface area contributed by atoms with Gasteiger partial charge in [0.15, 0.2) is 0 Å². The predicted octanol–water partition coefficient (Wildman–Crippen LogP) is 3.09. The van der Waals surface area contributed by atoms with E-state index in [-0.39, 0.29) is 17.7 Å². The standard InChI is InChI=1S/C17H23BrN2O2/c1-12(2)16(21)19-7-4-8-20(10-9-19)17(22)15-11-14(18)6-5-13(15)3/h5-6,11-12H,4,7-10H2,1-3H3. The molecule has 0 N–H and O–H groups in total. The maximum Gasteiger partial charge on any atom is 0.254 e. The molecule has 1 saturated heterocycles. The first-order valence-electron chi connectivity index (χ1n) is 7.74. The van der Waals surface area contributed by atoms with Crippen LogP contribution < -0.4 is 0 Å². The van der Waals surface area contributed by atoms with E-state index in [0.717, 1.165) is 28.6 Å². The van der Waals surface area contributed by atoms with Gasteiger partial charge in [0, 0.05) is 42.1 Å². The molecule has 1 aliphatic rings.